The predicted octanol–water partition coefficient (Wildman–Crippen LogP) is 0.328. The molecule has 1 rings (SSSR count). The lowest BCUT2D eigenvalue weighted by Gasteiger charge is -2.17. The molecule has 3 N–H and O–H groups in total. The van der Waals surface area contributed by atoms with Crippen molar-refractivity contribution in [2.24, 2.45) is 0 Å². The van der Waals surface area contributed by atoms with Gasteiger partial charge in [0.25, 0.3) is 0 Å². The molecule has 6 heteroatoms. The van der Waals surface area contributed by atoms with Gasteiger partial charge in [-0.25, -0.2) is 9.78 Å². The molecule has 1 atom stereocenters. The Morgan fingerprint density at radius 3 is 2.89 bits per heavy atom. The number of aromatic nitrogens is 1. The Hall–Kier alpha value is -1.82. The number of hydrogen-bond donors (Lipinski definition) is 3. The quantitative estimate of drug-likeness (QED) is 0.705. The molecule has 100 valence electrons. The molecule has 1 aromatic rings. The standard InChI is InChI=1S/C12H20N4O2/c1-9(8-17)15-12(18)14-7-10-5-4-6-13-11(10)16(2)3/h4-6,9,17H,7-8H2,1-3H3,(H2,14,15,18)/t9-/m0/s1. The third kappa shape index (κ3) is 4.21. The van der Waals surface area contributed by atoms with Crippen molar-refractivity contribution >= 4 is 11.8 Å². The van der Waals surface area contributed by atoms with Gasteiger partial charge < -0.3 is 20.6 Å². The molecule has 0 aliphatic carbocycles. The number of carbonyl (C=O) groups is 1. The number of nitrogens with one attached hydrogen (secondary N) is 2. The molecule has 0 aliphatic rings. The van der Waals surface area contributed by atoms with Crippen LogP contribution in [-0.2, 0) is 6.54 Å². The van der Waals surface area contributed by atoms with E-state index in [-0.39, 0.29) is 18.7 Å². The monoisotopic (exact) mass is 252 g/mol. The molecule has 0 aromatic carbocycles. The van der Waals surface area contributed by atoms with Crippen molar-refractivity contribution < 1.29 is 9.90 Å². The van der Waals surface area contributed by atoms with E-state index < -0.39 is 0 Å². The zero-order chi connectivity index (χ0) is 13.5. The van der Waals surface area contributed by atoms with E-state index in [4.69, 9.17) is 5.11 Å². The van der Waals surface area contributed by atoms with Crippen molar-refractivity contribution in [2.45, 2.75) is 19.5 Å². The zero-order valence-corrected chi connectivity index (χ0v) is 11.0. The van der Waals surface area contributed by atoms with Gasteiger partial charge in [0.15, 0.2) is 0 Å². The van der Waals surface area contributed by atoms with Crippen molar-refractivity contribution in [3.63, 3.8) is 0 Å². The Balaban J connectivity index is 2.56. The number of urea groups is 1. The molecule has 2 amide bonds. The number of anilines is 1. The highest BCUT2D eigenvalue weighted by Crippen LogP contribution is 2.13. The number of nitrogens with zero attached hydrogens (tertiary/aromatic N) is 2. The number of carbonyl (C=O) groups excluding carboxylic acids is 1. The summed E-state index contributed by atoms with van der Waals surface area (Å²) in [6, 6.07) is 3.19. The number of pyridine rings is 1. The summed E-state index contributed by atoms with van der Waals surface area (Å²) in [5.74, 6) is 0.827. The normalized spacial score (nSPS) is 11.8. The van der Waals surface area contributed by atoms with Crippen LogP contribution in [0.25, 0.3) is 0 Å². The Morgan fingerprint density at radius 1 is 1.56 bits per heavy atom. The highest BCUT2D eigenvalue weighted by atomic mass is 16.3. The summed E-state index contributed by atoms with van der Waals surface area (Å²) < 4.78 is 0. The highest BCUT2D eigenvalue weighted by Gasteiger charge is 2.08. The first-order chi connectivity index (χ1) is 8.54. The number of amides is 2. The topological polar surface area (TPSA) is 77.5 Å². The van der Waals surface area contributed by atoms with Crippen LogP contribution in [0.1, 0.15) is 12.5 Å². The van der Waals surface area contributed by atoms with E-state index in [9.17, 15) is 4.79 Å². The molecule has 0 spiro atoms. The van der Waals surface area contributed by atoms with Crippen molar-refractivity contribution in [1.82, 2.24) is 15.6 Å². The average Bonchev–Trinajstić information content (AvgIpc) is 2.36. The van der Waals surface area contributed by atoms with Gasteiger partial charge in [-0.1, -0.05) is 6.07 Å². The first-order valence-corrected chi connectivity index (χ1v) is 5.81. The fourth-order valence-electron chi connectivity index (χ4n) is 1.47. The SMILES string of the molecule is C[C@@H](CO)NC(=O)NCc1cccnc1N(C)C. The van der Waals surface area contributed by atoms with Crippen molar-refractivity contribution in [3.8, 4) is 0 Å². The summed E-state index contributed by atoms with van der Waals surface area (Å²) in [5, 5.41) is 14.2. The summed E-state index contributed by atoms with van der Waals surface area (Å²) in [6.07, 6.45) is 1.72. The van der Waals surface area contributed by atoms with Gasteiger partial charge in [-0.05, 0) is 13.0 Å². The van der Waals surface area contributed by atoms with Gasteiger partial charge >= 0.3 is 6.03 Å². The molecule has 0 saturated heterocycles. The number of hydrogen-bond acceptors (Lipinski definition) is 4. The molecule has 0 bridgehead atoms. The van der Waals surface area contributed by atoms with E-state index in [1.165, 1.54) is 0 Å². The molecule has 6 nitrogen and oxygen atoms in total. The molecule has 1 aromatic heterocycles. The molecule has 1 heterocycles. The second-order valence-corrected chi connectivity index (χ2v) is 4.29. The van der Waals surface area contributed by atoms with Gasteiger partial charge in [-0.2, -0.15) is 0 Å². The minimum absolute atomic E-state index is 0.0801. The van der Waals surface area contributed by atoms with Gasteiger partial charge in [-0.15, -0.1) is 0 Å². The minimum Gasteiger partial charge on any atom is -0.394 e. The summed E-state index contributed by atoms with van der Waals surface area (Å²) >= 11 is 0. The van der Waals surface area contributed by atoms with E-state index in [0.717, 1.165) is 11.4 Å². The lowest BCUT2D eigenvalue weighted by Crippen LogP contribution is -2.42. The summed E-state index contributed by atoms with van der Waals surface area (Å²) in [7, 11) is 3.81. The van der Waals surface area contributed by atoms with Gasteiger partial charge in [0.1, 0.15) is 5.82 Å². The number of aliphatic hydroxyl groups is 1. The van der Waals surface area contributed by atoms with E-state index in [2.05, 4.69) is 15.6 Å². The Bertz CT molecular complexity index is 395. The summed E-state index contributed by atoms with van der Waals surface area (Å²) in [6.45, 7) is 2.05. The number of rotatable bonds is 5. The maximum absolute atomic E-state index is 11.5. The van der Waals surface area contributed by atoms with E-state index in [0.29, 0.717) is 6.54 Å². The Kier molecular flexibility index (Phi) is 5.38. The van der Waals surface area contributed by atoms with Crippen LogP contribution >= 0.6 is 0 Å². The van der Waals surface area contributed by atoms with Crippen LogP contribution in [0.3, 0.4) is 0 Å². The van der Waals surface area contributed by atoms with Crippen LogP contribution in [0.4, 0.5) is 10.6 Å². The first-order valence-electron chi connectivity index (χ1n) is 5.81. The smallest absolute Gasteiger partial charge is 0.315 e. The molecular formula is C12H20N4O2. The van der Waals surface area contributed by atoms with Crippen LogP contribution in [-0.4, -0.2) is 42.9 Å². The summed E-state index contributed by atoms with van der Waals surface area (Å²) in [5.41, 5.74) is 0.939. The van der Waals surface area contributed by atoms with Crippen LogP contribution in [0.2, 0.25) is 0 Å². The van der Waals surface area contributed by atoms with Crippen molar-refractivity contribution in [3.05, 3.63) is 23.9 Å². The lowest BCUT2D eigenvalue weighted by molar-refractivity contribution is 0.220. The van der Waals surface area contributed by atoms with Crippen LogP contribution in [0, 0.1) is 0 Å². The van der Waals surface area contributed by atoms with Gasteiger partial charge in [-0.3, -0.25) is 0 Å². The largest absolute Gasteiger partial charge is 0.394 e. The molecule has 0 saturated carbocycles. The molecule has 0 unspecified atom stereocenters. The molecule has 0 radical (unpaired) electrons. The maximum atomic E-state index is 11.5. The maximum Gasteiger partial charge on any atom is 0.315 e. The fourth-order valence-corrected chi connectivity index (χ4v) is 1.47. The van der Waals surface area contributed by atoms with Crippen LogP contribution in [0.5, 0.6) is 0 Å². The van der Waals surface area contributed by atoms with Crippen molar-refractivity contribution in [1.29, 1.82) is 0 Å². The molecule has 0 fully saturated rings. The Labute approximate surface area is 107 Å². The number of aliphatic hydroxyl groups excluding tert-OH is 1. The van der Waals surface area contributed by atoms with E-state index in [1.807, 2.05) is 31.1 Å². The van der Waals surface area contributed by atoms with Gasteiger partial charge in [0, 0.05) is 32.4 Å². The highest BCUT2D eigenvalue weighted by molar-refractivity contribution is 5.74. The minimum atomic E-state index is -0.301. The first kappa shape index (κ1) is 14.2. The molecule has 18 heavy (non-hydrogen) atoms. The lowest BCUT2D eigenvalue weighted by atomic mass is 10.2. The second-order valence-electron chi connectivity index (χ2n) is 4.29. The third-order valence-corrected chi connectivity index (χ3v) is 2.38. The van der Waals surface area contributed by atoms with Crippen LogP contribution < -0.4 is 15.5 Å². The average molecular weight is 252 g/mol. The fraction of sp³-hybridized carbons (Fsp3) is 0.500. The molecular weight excluding hydrogens is 232 g/mol. The summed E-state index contributed by atoms with van der Waals surface area (Å²) in [4.78, 5) is 17.6. The van der Waals surface area contributed by atoms with Gasteiger partial charge in [0.05, 0.1) is 12.6 Å². The molecule has 0 aliphatic heterocycles. The third-order valence-electron chi connectivity index (χ3n) is 2.38. The van der Waals surface area contributed by atoms with E-state index >= 15 is 0 Å². The predicted molar refractivity (Wildman–Crippen MR) is 70.5 cm³/mol. The van der Waals surface area contributed by atoms with Gasteiger partial charge in [0.2, 0.25) is 0 Å². The van der Waals surface area contributed by atoms with Crippen LogP contribution in [0.15, 0.2) is 18.3 Å². The van der Waals surface area contributed by atoms with E-state index in [1.54, 1.807) is 13.1 Å². The Morgan fingerprint density at radius 2 is 2.28 bits per heavy atom. The van der Waals surface area contributed by atoms with Crippen molar-refractivity contribution in [2.75, 3.05) is 25.6 Å². The second kappa shape index (κ2) is 6.80. The zero-order valence-electron chi connectivity index (χ0n) is 11.0.